The first kappa shape index (κ1) is 27.9. The Morgan fingerprint density at radius 1 is 1.12 bits per heavy atom. The van der Waals surface area contributed by atoms with Crippen LogP contribution in [0.25, 0.3) is 0 Å². The molecule has 0 aliphatic rings. The van der Waals surface area contributed by atoms with E-state index < -0.39 is 11.9 Å². The van der Waals surface area contributed by atoms with Crippen molar-refractivity contribution in [1.29, 1.82) is 0 Å². The summed E-state index contributed by atoms with van der Waals surface area (Å²) in [6.45, 7) is 3.65. The molecule has 3 amide bonds. The van der Waals surface area contributed by atoms with Crippen molar-refractivity contribution in [1.82, 2.24) is 10.2 Å². The summed E-state index contributed by atoms with van der Waals surface area (Å²) in [6, 6.07) is 3.55. The number of carbonyl (C=O) groups is 5. The molecule has 1 aromatic rings. The maximum absolute atomic E-state index is 12.8. The summed E-state index contributed by atoms with van der Waals surface area (Å²) in [7, 11) is 0. The number of ether oxygens (including phenoxy) is 3. The Morgan fingerprint density at radius 3 is 2.48 bits per heavy atom. The number of nitrogens with zero attached hydrogens (tertiary/aromatic N) is 1. The number of nitrogens with one attached hydrogen (secondary N) is 1. The van der Waals surface area contributed by atoms with E-state index in [-0.39, 0.29) is 43.1 Å². The van der Waals surface area contributed by atoms with Gasteiger partial charge in [-0.2, -0.15) is 0 Å². The van der Waals surface area contributed by atoms with Crippen molar-refractivity contribution in [3.63, 3.8) is 0 Å². The van der Waals surface area contributed by atoms with Crippen LogP contribution in [-0.2, 0) is 28.7 Å². The zero-order valence-electron chi connectivity index (χ0n) is 18.7. The van der Waals surface area contributed by atoms with E-state index in [1.54, 1.807) is 19.1 Å². The van der Waals surface area contributed by atoms with E-state index in [2.05, 4.69) is 5.32 Å². The Bertz CT molecular complexity index is 787. The SMILES string of the molecule is Cc1c(OCC(=O)NCCOCCOCCN)cccc1C(=O)N(C=O)C(C=O)CCC=O. The van der Waals surface area contributed by atoms with Gasteiger partial charge in [0.25, 0.3) is 11.8 Å². The first-order valence-electron chi connectivity index (χ1n) is 10.5. The first-order chi connectivity index (χ1) is 16.0. The zero-order chi connectivity index (χ0) is 24.5. The van der Waals surface area contributed by atoms with Gasteiger partial charge < -0.3 is 34.9 Å². The minimum absolute atomic E-state index is 0.0331. The van der Waals surface area contributed by atoms with Crippen molar-refractivity contribution in [3.8, 4) is 5.75 Å². The molecule has 1 rings (SSSR count). The summed E-state index contributed by atoms with van der Waals surface area (Å²) in [5, 5.41) is 2.64. The van der Waals surface area contributed by atoms with Gasteiger partial charge in [0.1, 0.15) is 18.3 Å². The fourth-order valence-electron chi connectivity index (χ4n) is 2.79. The summed E-state index contributed by atoms with van der Waals surface area (Å²) in [4.78, 5) is 58.9. The molecular formula is C22H31N3O8. The average molecular weight is 466 g/mol. The summed E-state index contributed by atoms with van der Waals surface area (Å²) < 4.78 is 16.0. The minimum Gasteiger partial charge on any atom is -0.483 e. The van der Waals surface area contributed by atoms with Gasteiger partial charge in [-0.05, 0) is 25.5 Å². The molecule has 0 bridgehead atoms. The molecule has 1 atom stereocenters. The van der Waals surface area contributed by atoms with E-state index in [0.29, 0.717) is 57.7 Å². The fourth-order valence-corrected chi connectivity index (χ4v) is 2.79. The molecule has 1 aromatic carbocycles. The van der Waals surface area contributed by atoms with Crippen LogP contribution < -0.4 is 15.8 Å². The molecule has 0 heterocycles. The third-order valence-corrected chi connectivity index (χ3v) is 4.52. The van der Waals surface area contributed by atoms with E-state index in [0.717, 1.165) is 4.90 Å². The molecule has 0 spiro atoms. The zero-order valence-corrected chi connectivity index (χ0v) is 18.7. The Balaban J connectivity index is 2.60. The van der Waals surface area contributed by atoms with Crippen molar-refractivity contribution in [2.45, 2.75) is 25.8 Å². The van der Waals surface area contributed by atoms with E-state index in [1.807, 2.05) is 0 Å². The van der Waals surface area contributed by atoms with Gasteiger partial charge in [-0.25, -0.2) is 0 Å². The standard InChI is InChI=1S/C22H31N3O8/c1-17-19(22(30)25(16-28)18(14-27)4-3-9-26)5-2-6-20(17)33-15-21(29)24-8-11-32-13-12-31-10-7-23/h2,5-6,9,14,16,18H,3-4,7-8,10-13,15,23H2,1H3,(H,24,29). The molecule has 0 radical (unpaired) electrons. The van der Waals surface area contributed by atoms with Gasteiger partial charge in [0.05, 0.1) is 32.5 Å². The molecule has 1 unspecified atom stereocenters. The monoisotopic (exact) mass is 465 g/mol. The average Bonchev–Trinajstić information content (AvgIpc) is 2.82. The fraction of sp³-hybridized carbons (Fsp3) is 0.500. The van der Waals surface area contributed by atoms with E-state index >= 15 is 0 Å². The molecular weight excluding hydrogens is 434 g/mol. The number of hydrogen-bond acceptors (Lipinski definition) is 9. The largest absolute Gasteiger partial charge is 0.483 e. The topological polar surface area (TPSA) is 154 Å². The predicted octanol–water partition coefficient (Wildman–Crippen LogP) is -0.373. The summed E-state index contributed by atoms with van der Waals surface area (Å²) in [5.74, 6) is -0.794. The second kappa shape index (κ2) is 16.5. The summed E-state index contributed by atoms with van der Waals surface area (Å²) >= 11 is 0. The van der Waals surface area contributed by atoms with Gasteiger partial charge in [-0.1, -0.05) is 6.07 Å². The second-order valence-electron chi connectivity index (χ2n) is 6.85. The molecule has 0 saturated carbocycles. The van der Waals surface area contributed by atoms with Gasteiger partial charge in [0, 0.05) is 30.6 Å². The summed E-state index contributed by atoms with van der Waals surface area (Å²) in [6.07, 6.45) is 1.40. The Kier molecular flexibility index (Phi) is 13.9. The van der Waals surface area contributed by atoms with Crippen molar-refractivity contribution < 1.29 is 38.2 Å². The number of nitrogens with two attached hydrogens (primary N) is 1. The molecule has 11 nitrogen and oxygen atoms in total. The normalized spacial score (nSPS) is 11.3. The van der Waals surface area contributed by atoms with Crippen molar-refractivity contribution in [2.24, 2.45) is 5.73 Å². The first-order valence-corrected chi connectivity index (χ1v) is 10.5. The Hall–Kier alpha value is -3.15. The van der Waals surface area contributed by atoms with Crippen LogP contribution in [0.1, 0.15) is 28.8 Å². The lowest BCUT2D eigenvalue weighted by molar-refractivity contribution is -0.123. The van der Waals surface area contributed by atoms with Crippen LogP contribution in [0.5, 0.6) is 5.75 Å². The van der Waals surface area contributed by atoms with E-state index in [1.165, 1.54) is 6.07 Å². The molecule has 0 aliphatic heterocycles. The number of carbonyl (C=O) groups excluding carboxylic acids is 5. The van der Waals surface area contributed by atoms with Crippen LogP contribution in [0.3, 0.4) is 0 Å². The highest BCUT2D eigenvalue weighted by Gasteiger charge is 2.26. The quantitative estimate of drug-likeness (QED) is 0.218. The van der Waals surface area contributed by atoms with Crippen LogP contribution in [0.15, 0.2) is 18.2 Å². The van der Waals surface area contributed by atoms with Crippen molar-refractivity contribution in [3.05, 3.63) is 29.3 Å². The number of hydrogen-bond donors (Lipinski definition) is 2. The minimum atomic E-state index is -1.05. The summed E-state index contributed by atoms with van der Waals surface area (Å²) in [5.41, 5.74) is 5.85. The lowest BCUT2D eigenvalue weighted by Gasteiger charge is -2.23. The molecule has 0 fully saturated rings. The number of benzene rings is 1. The number of amides is 3. The van der Waals surface area contributed by atoms with E-state index in [4.69, 9.17) is 19.9 Å². The van der Waals surface area contributed by atoms with Crippen LogP contribution >= 0.6 is 0 Å². The number of rotatable bonds is 18. The van der Waals surface area contributed by atoms with Gasteiger partial charge >= 0.3 is 0 Å². The smallest absolute Gasteiger partial charge is 0.261 e. The third-order valence-electron chi connectivity index (χ3n) is 4.52. The molecule has 3 N–H and O–H groups in total. The van der Waals surface area contributed by atoms with Crippen molar-refractivity contribution >= 4 is 30.8 Å². The van der Waals surface area contributed by atoms with Gasteiger partial charge in [0.2, 0.25) is 6.41 Å². The molecule has 0 aromatic heterocycles. The highest BCUT2D eigenvalue weighted by molar-refractivity contribution is 6.03. The predicted molar refractivity (Wildman–Crippen MR) is 118 cm³/mol. The van der Waals surface area contributed by atoms with Crippen LogP contribution in [0.4, 0.5) is 0 Å². The molecule has 0 aliphatic carbocycles. The van der Waals surface area contributed by atoms with Gasteiger partial charge in [0.15, 0.2) is 6.61 Å². The highest BCUT2D eigenvalue weighted by atomic mass is 16.5. The van der Waals surface area contributed by atoms with Crippen molar-refractivity contribution in [2.75, 3.05) is 46.1 Å². The van der Waals surface area contributed by atoms with Gasteiger partial charge in [-0.15, -0.1) is 0 Å². The Morgan fingerprint density at radius 2 is 1.85 bits per heavy atom. The number of aldehydes is 2. The molecule has 33 heavy (non-hydrogen) atoms. The second-order valence-corrected chi connectivity index (χ2v) is 6.85. The lowest BCUT2D eigenvalue weighted by Crippen LogP contribution is -2.40. The van der Waals surface area contributed by atoms with Crippen LogP contribution in [0, 0.1) is 6.92 Å². The van der Waals surface area contributed by atoms with Crippen LogP contribution in [-0.4, -0.2) is 87.9 Å². The lowest BCUT2D eigenvalue weighted by atomic mass is 10.0. The van der Waals surface area contributed by atoms with Gasteiger partial charge in [-0.3, -0.25) is 19.3 Å². The molecule has 0 saturated heterocycles. The van der Waals surface area contributed by atoms with Crippen LogP contribution in [0.2, 0.25) is 0 Å². The highest BCUT2D eigenvalue weighted by Crippen LogP contribution is 2.23. The maximum Gasteiger partial charge on any atom is 0.261 e. The Labute approximate surface area is 192 Å². The van der Waals surface area contributed by atoms with E-state index in [9.17, 15) is 24.0 Å². The third kappa shape index (κ3) is 9.89. The molecule has 11 heteroatoms. The number of imide groups is 1. The molecule has 182 valence electrons. The maximum atomic E-state index is 12.8.